The summed E-state index contributed by atoms with van der Waals surface area (Å²) in [6.45, 7) is -2.05. The van der Waals surface area contributed by atoms with Gasteiger partial charge in [0.25, 0.3) is 0 Å². The molecule has 0 aromatic rings. The van der Waals surface area contributed by atoms with Gasteiger partial charge in [-0.25, -0.2) is 0 Å². The molecule has 1 saturated heterocycles. The topological polar surface area (TPSA) is 18.5 Å². The van der Waals surface area contributed by atoms with Crippen molar-refractivity contribution in [2.24, 2.45) is 0 Å². The van der Waals surface area contributed by atoms with Gasteiger partial charge in [0.15, 0.2) is 6.29 Å². The lowest BCUT2D eigenvalue weighted by atomic mass is 10.1. The molecule has 1 atom stereocenters. The summed E-state index contributed by atoms with van der Waals surface area (Å²) < 4.78 is 54.9. The summed E-state index contributed by atoms with van der Waals surface area (Å²) in [7, 11) is 0. The Morgan fingerprint density at radius 2 is 2.29 bits per heavy atom. The largest absolute Gasteiger partial charge is 0.353 e. The van der Waals surface area contributed by atoms with Gasteiger partial charge in [-0.05, 0) is 52.7 Å². The van der Waals surface area contributed by atoms with E-state index in [9.17, 15) is 0 Å². The van der Waals surface area contributed by atoms with Crippen molar-refractivity contribution in [3.63, 3.8) is 0 Å². The number of hydrogen-bond acceptors (Lipinski definition) is 2. The van der Waals surface area contributed by atoms with Crippen LogP contribution in [0, 0.1) is 0 Å². The Kier molecular flexibility index (Phi) is 3.87. The van der Waals surface area contributed by atoms with Crippen LogP contribution in [0.25, 0.3) is 0 Å². The molecular weight excluding hydrogens is 212 g/mol. The van der Waals surface area contributed by atoms with Gasteiger partial charge in [0.1, 0.15) is 0 Å². The van der Waals surface area contributed by atoms with Gasteiger partial charge in [-0.15, -0.1) is 0 Å². The van der Waals surface area contributed by atoms with Crippen LogP contribution in [0.4, 0.5) is 0 Å². The summed E-state index contributed by atoms with van der Waals surface area (Å²) in [6, 6.07) is 0. The van der Waals surface area contributed by atoms with Gasteiger partial charge in [-0.1, -0.05) is 23.3 Å². The third-order valence-electron chi connectivity index (χ3n) is 2.74. The van der Waals surface area contributed by atoms with Crippen molar-refractivity contribution < 1.29 is 17.7 Å². The minimum atomic E-state index is -2.58. The van der Waals surface area contributed by atoms with Crippen molar-refractivity contribution in [2.75, 3.05) is 13.2 Å². The summed E-state index contributed by atoms with van der Waals surface area (Å²) in [4.78, 5) is 0. The molecule has 98 valence electrons. The SMILES string of the molecule is [2H]C([2H])([2H])C(=CCC/C(C)=C/COC1CCCCO1)C([2H])([2H])[2H]. The molecule has 0 radical (unpaired) electrons. The number of rotatable bonds is 6. The monoisotopic (exact) mass is 244 g/mol. The molecule has 0 amide bonds. The van der Waals surface area contributed by atoms with Gasteiger partial charge >= 0.3 is 0 Å². The molecule has 0 aliphatic carbocycles. The maximum absolute atomic E-state index is 7.31. The molecular formula is C15H26O2. The normalized spacial score (nSPS) is 28.1. The summed E-state index contributed by atoms with van der Waals surface area (Å²) in [5.41, 5.74) is 0.581. The zero-order valence-corrected chi connectivity index (χ0v) is 10.5. The molecule has 17 heavy (non-hydrogen) atoms. The molecule has 0 spiro atoms. The molecule has 0 N–H and O–H groups in total. The fourth-order valence-electron chi connectivity index (χ4n) is 1.69. The Bertz CT molecular complexity index is 401. The quantitative estimate of drug-likeness (QED) is 0.651. The van der Waals surface area contributed by atoms with Crippen LogP contribution in [-0.4, -0.2) is 19.5 Å². The van der Waals surface area contributed by atoms with Gasteiger partial charge in [0.05, 0.1) is 6.61 Å². The van der Waals surface area contributed by atoms with Gasteiger partial charge < -0.3 is 9.47 Å². The zero-order valence-electron chi connectivity index (χ0n) is 16.5. The summed E-state index contributed by atoms with van der Waals surface area (Å²) in [5, 5.41) is 0. The molecule has 1 heterocycles. The Morgan fingerprint density at radius 1 is 1.41 bits per heavy atom. The highest BCUT2D eigenvalue weighted by molar-refractivity contribution is 5.02. The first kappa shape index (κ1) is 7.75. The first-order valence-corrected chi connectivity index (χ1v) is 6.20. The van der Waals surface area contributed by atoms with E-state index in [0.29, 0.717) is 19.4 Å². The van der Waals surface area contributed by atoms with E-state index in [1.807, 2.05) is 13.0 Å². The van der Waals surface area contributed by atoms with Gasteiger partial charge in [0.2, 0.25) is 0 Å². The van der Waals surface area contributed by atoms with E-state index in [2.05, 4.69) is 0 Å². The number of ether oxygens (including phenoxy) is 2. The van der Waals surface area contributed by atoms with Crippen LogP contribution in [0.5, 0.6) is 0 Å². The van der Waals surface area contributed by atoms with Crippen molar-refractivity contribution in [3.8, 4) is 0 Å². The average Bonchev–Trinajstić information content (AvgIpc) is 2.42. The molecule has 0 bridgehead atoms. The molecule has 1 fully saturated rings. The molecule has 2 nitrogen and oxygen atoms in total. The van der Waals surface area contributed by atoms with E-state index >= 15 is 0 Å². The second-order valence-corrected chi connectivity index (χ2v) is 4.34. The van der Waals surface area contributed by atoms with Crippen molar-refractivity contribution in [2.45, 2.75) is 59.0 Å². The van der Waals surface area contributed by atoms with Crippen LogP contribution >= 0.6 is 0 Å². The third-order valence-corrected chi connectivity index (χ3v) is 2.74. The van der Waals surface area contributed by atoms with E-state index in [1.54, 1.807) is 0 Å². The minimum absolute atomic E-state index is 0.134. The molecule has 0 saturated carbocycles. The Morgan fingerprint density at radius 3 is 3.00 bits per heavy atom. The van der Waals surface area contributed by atoms with E-state index in [-0.39, 0.29) is 6.29 Å². The highest BCUT2D eigenvalue weighted by atomic mass is 16.7. The lowest BCUT2D eigenvalue weighted by molar-refractivity contribution is -0.155. The Labute approximate surface area is 114 Å². The summed E-state index contributed by atoms with van der Waals surface area (Å²) in [5.74, 6) is 0. The highest BCUT2D eigenvalue weighted by Gasteiger charge is 2.12. The molecule has 0 aromatic heterocycles. The molecule has 1 aliphatic rings. The fourth-order valence-corrected chi connectivity index (χ4v) is 1.69. The minimum Gasteiger partial charge on any atom is -0.353 e. The number of hydrogen-bond donors (Lipinski definition) is 0. The predicted octanol–water partition coefficient (Wildman–Crippen LogP) is 4.22. The van der Waals surface area contributed by atoms with Crippen molar-refractivity contribution in [3.05, 3.63) is 23.3 Å². The smallest absolute Gasteiger partial charge is 0.157 e. The Balaban J connectivity index is 2.42. The maximum atomic E-state index is 7.31. The van der Waals surface area contributed by atoms with Crippen molar-refractivity contribution >= 4 is 0 Å². The maximum Gasteiger partial charge on any atom is 0.157 e. The van der Waals surface area contributed by atoms with Gasteiger partial charge in [-0.3, -0.25) is 0 Å². The van der Waals surface area contributed by atoms with Gasteiger partial charge in [0, 0.05) is 14.8 Å². The summed E-state index contributed by atoms with van der Waals surface area (Å²) >= 11 is 0. The van der Waals surface area contributed by atoms with Crippen LogP contribution in [0.1, 0.15) is 61.0 Å². The van der Waals surface area contributed by atoms with Gasteiger partial charge in [-0.2, -0.15) is 0 Å². The lowest BCUT2D eigenvalue weighted by Gasteiger charge is -2.22. The van der Waals surface area contributed by atoms with Crippen LogP contribution < -0.4 is 0 Å². The third kappa shape index (κ3) is 7.35. The first-order valence-electron chi connectivity index (χ1n) is 9.20. The van der Waals surface area contributed by atoms with E-state index in [4.69, 9.17) is 17.7 Å². The van der Waals surface area contributed by atoms with E-state index in [0.717, 1.165) is 31.4 Å². The van der Waals surface area contributed by atoms with Crippen LogP contribution in [0.3, 0.4) is 0 Å². The predicted molar refractivity (Wildman–Crippen MR) is 72.0 cm³/mol. The van der Waals surface area contributed by atoms with E-state index < -0.39 is 19.3 Å². The average molecular weight is 244 g/mol. The van der Waals surface area contributed by atoms with Crippen molar-refractivity contribution in [1.29, 1.82) is 0 Å². The van der Waals surface area contributed by atoms with Crippen LogP contribution in [0.15, 0.2) is 23.3 Å². The zero-order chi connectivity index (χ0) is 17.5. The molecule has 1 aliphatic heterocycles. The molecule has 1 unspecified atom stereocenters. The molecule has 2 heteroatoms. The fraction of sp³-hybridized carbons (Fsp3) is 0.733. The molecule has 0 aromatic carbocycles. The van der Waals surface area contributed by atoms with Crippen LogP contribution in [0.2, 0.25) is 0 Å². The van der Waals surface area contributed by atoms with Crippen LogP contribution in [-0.2, 0) is 9.47 Å². The van der Waals surface area contributed by atoms with Crippen molar-refractivity contribution in [1.82, 2.24) is 0 Å². The second-order valence-electron chi connectivity index (χ2n) is 4.34. The first-order chi connectivity index (χ1) is 10.6. The molecule has 1 rings (SSSR count). The Hall–Kier alpha value is -0.600. The summed E-state index contributed by atoms with van der Waals surface area (Å²) in [6.07, 6.45) is 7.21. The second kappa shape index (κ2) is 8.48. The lowest BCUT2D eigenvalue weighted by Crippen LogP contribution is -2.22. The number of allylic oxidation sites excluding steroid dienone is 3. The standard InChI is InChI=1S/C15H26O2/c1-13(2)7-6-8-14(3)10-12-17-15-9-4-5-11-16-15/h7,10,15H,4-6,8-9,11-12H2,1-3H3/b14-10+/i1D3,2D3. The highest BCUT2D eigenvalue weighted by Crippen LogP contribution is 2.14. The van der Waals surface area contributed by atoms with E-state index in [1.165, 1.54) is 6.08 Å².